The van der Waals surface area contributed by atoms with E-state index >= 15 is 0 Å². The first-order valence-electron chi connectivity index (χ1n) is 10.5. The van der Waals surface area contributed by atoms with Gasteiger partial charge in [-0.2, -0.15) is 0 Å². The molecule has 0 radical (unpaired) electrons. The van der Waals surface area contributed by atoms with Crippen LogP contribution in [-0.2, 0) is 25.7 Å². The number of hydrogen-bond acceptors (Lipinski definition) is 7. The monoisotopic (exact) mass is 453 g/mol. The summed E-state index contributed by atoms with van der Waals surface area (Å²) in [6, 6.07) is 12.5. The van der Waals surface area contributed by atoms with E-state index < -0.39 is 11.9 Å². The van der Waals surface area contributed by atoms with Crippen LogP contribution in [0.3, 0.4) is 0 Å². The summed E-state index contributed by atoms with van der Waals surface area (Å²) in [6.07, 6.45) is 1.23. The Morgan fingerprint density at radius 2 is 1.85 bits per heavy atom. The summed E-state index contributed by atoms with van der Waals surface area (Å²) in [5.41, 5.74) is 2.29. The molecule has 2 aromatic carbocycles. The zero-order chi connectivity index (χ0) is 23.8. The lowest BCUT2D eigenvalue weighted by molar-refractivity contribution is -0.142. The van der Waals surface area contributed by atoms with Crippen molar-refractivity contribution in [1.29, 1.82) is 0 Å². The molecule has 0 spiro atoms. The maximum Gasteiger partial charge on any atom is 0.311 e. The zero-order valence-corrected chi connectivity index (χ0v) is 18.8. The van der Waals surface area contributed by atoms with Crippen molar-refractivity contribution in [2.24, 2.45) is 0 Å². The average molecular weight is 453 g/mol. The summed E-state index contributed by atoms with van der Waals surface area (Å²) in [6.45, 7) is 1.97. The van der Waals surface area contributed by atoms with Gasteiger partial charge in [0, 0.05) is 23.9 Å². The van der Waals surface area contributed by atoms with Gasteiger partial charge >= 0.3 is 5.97 Å². The van der Waals surface area contributed by atoms with Gasteiger partial charge in [0.2, 0.25) is 5.91 Å². The zero-order valence-electron chi connectivity index (χ0n) is 18.8. The molecule has 1 heterocycles. The minimum Gasteiger partial charge on any atom is -0.493 e. The second kappa shape index (κ2) is 11.0. The number of para-hydroxylation sites is 3. The summed E-state index contributed by atoms with van der Waals surface area (Å²) >= 11 is 0. The lowest BCUT2D eigenvalue weighted by Gasteiger charge is -2.22. The van der Waals surface area contributed by atoms with Gasteiger partial charge in [-0.05, 0) is 25.1 Å². The Kier molecular flexibility index (Phi) is 7.91. The maximum absolute atomic E-state index is 13.0. The molecule has 0 aliphatic carbocycles. The van der Waals surface area contributed by atoms with Gasteiger partial charge in [0.05, 0.1) is 38.6 Å². The standard InChI is InChI=1S/C24H27N3O6/c1-4-33-23(30)13-17-12-22(29)27(19-10-6-5-9-18(19)26-17)15-21(28)25-14-16-8-7-11-20(31-2)24(16)32-3/h5-12,26H,4,13-15H2,1-3H3,(H,25,28). The van der Waals surface area contributed by atoms with Crippen molar-refractivity contribution in [3.63, 3.8) is 0 Å². The third-order valence-corrected chi connectivity index (χ3v) is 4.96. The summed E-state index contributed by atoms with van der Waals surface area (Å²) in [7, 11) is 3.07. The van der Waals surface area contributed by atoms with E-state index in [0.717, 1.165) is 5.56 Å². The van der Waals surface area contributed by atoms with Crippen LogP contribution in [0, 0.1) is 0 Å². The van der Waals surface area contributed by atoms with Crippen molar-refractivity contribution in [2.45, 2.75) is 19.9 Å². The molecule has 33 heavy (non-hydrogen) atoms. The number of ether oxygens (including phenoxy) is 3. The fourth-order valence-corrected chi connectivity index (χ4v) is 3.48. The highest BCUT2D eigenvalue weighted by molar-refractivity contribution is 6.09. The SMILES string of the molecule is CCOC(=O)CC1=CC(=O)N(CC(=O)NCc2cccc(OC)c2OC)c2ccccc2N1. The Morgan fingerprint density at radius 1 is 1.06 bits per heavy atom. The molecule has 0 bridgehead atoms. The van der Waals surface area contributed by atoms with Gasteiger partial charge in [0.25, 0.3) is 5.91 Å². The van der Waals surface area contributed by atoms with Gasteiger partial charge in [0.1, 0.15) is 6.54 Å². The quantitative estimate of drug-likeness (QED) is 0.562. The minimum absolute atomic E-state index is 0.0798. The number of nitrogens with one attached hydrogen (secondary N) is 2. The predicted molar refractivity (Wildman–Crippen MR) is 123 cm³/mol. The highest BCUT2D eigenvalue weighted by Gasteiger charge is 2.25. The fraction of sp³-hybridized carbons (Fsp3) is 0.292. The van der Waals surface area contributed by atoms with Crippen molar-refractivity contribution in [2.75, 3.05) is 37.6 Å². The Morgan fingerprint density at radius 3 is 2.58 bits per heavy atom. The lowest BCUT2D eigenvalue weighted by Crippen LogP contribution is -2.40. The minimum atomic E-state index is -0.444. The van der Waals surface area contributed by atoms with E-state index in [4.69, 9.17) is 14.2 Å². The molecule has 0 unspecified atom stereocenters. The lowest BCUT2D eigenvalue weighted by atomic mass is 10.2. The Balaban J connectivity index is 1.75. The molecule has 0 aromatic heterocycles. The van der Waals surface area contributed by atoms with Crippen molar-refractivity contribution in [3.8, 4) is 11.5 Å². The second-order valence-electron chi connectivity index (χ2n) is 7.15. The number of rotatable bonds is 9. The summed E-state index contributed by atoms with van der Waals surface area (Å²) in [5.74, 6) is -0.121. The van der Waals surface area contributed by atoms with Crippen LogP contribution in [-0.4, -0.2) is 45.2 Å². The van der Waals surface area contributed by atoms with E-state index in [9.17, 15) is 14.4 Å². The van der Waals surface area contributed by atoms with E-state index in [1.54, 1.807) is 50.4 Å². The molecule has 2 aromatic rings. The number of carbonyl (C=O) groups excluding carboxylic acids is 3. The molecule has 9 nitrogen and oxygen atoms in total. The maximum atomic E-state index is 13.0. The van der Waals surface area contributed by atoms with Crippen molar-refractivity contribution >= 4 is 29.2 Å². The highest BCUT2D eigenvalue weighted by Crippen LogP contribution is 2.31. The highest BCUT2D eigenvalue weighted by atomic mass is 16.5. The molecule has 1 aliphatic heterocycles. The van der Waals surface area contributed by atoms with Crippen LogP contribution in [0.5, 0.6) is 11.5 Å². The van der Waals surface area contributed by atoms with Crippen LogP contribution in [0.1, 0.15) is 18.9 Å². The summed E-state index contributed by atoms with van der Waals surface area (Å²) in [5, 5.41) is 5.92. The van der Waals surface area contributed by atoms with Crippen LogP contribution in [0.2, 0.25) is 0 Å². The number of fused-ring (bicyclic) bond motifs is 1. The molecule has 0 saturated carbocycles. The molecule has 2 N–H and O–H groups in total. The molecule has 1 aliphatic rings. The third kappa shape index (κ3) is 5.82. The van der Waals surface area contributed by atoms with E-state index in [-0.39, 0.29) is 32.0 Å². The van der Waals surface area contributed by atoms with Crippen LogP contribution >= 0.6 is 0 Å². The summed E-state index contributed by atoms with van der Waals surface area (Å²) in [4.78, 5) is 39.0. The fourth-order valence-electron chi connectivity index (χ4n) is 3.48. The number of amides is 2. The van der Waals surface area contributed by atoms with E-state index in [1.807, 2.05) is 6.07 Å². The first-order chi connectivity index (χ1) is 16.0. The van der Waals surface area contributed by atoms with Gasteiger partial charge in [0.15, 0.2) is 11.5 Å². The molecule has 3 rings (SSSR count). The van der Waals surface area contributed by atoms with Crippen LogP contribution < -0.4 is 25.0 Å². The number of benzene rings is 2. The molecule has 2 amide bonds. The number of hydrogen-bond donors (Lipinski definition) is 2. The molecular weight excluding hydrogens is 426 g/mol. The van der Waals surface area contributed by atoms with Crippen molar-refractivity contribution in [3.05, 3.63) is 59.8 Å². The largest absolute Gasteiger partial charge is 0.493 e. The first-order valence-corrected chi connectivity index (χ1v) is 10.5. The van der Waals surface area contributed by atoms with Crippen molar-refractivity contribution < 1.29 is 28.6 Å². The van der Waals surface area contributed by atoms with E-state index in [1.165, 1.54) is 18.1 Å². The molecular formula is C24H27N3O6. The normalized spacial score (nSPS) is 12.6. The Hall–Kier alpha value is -4.01. The van der Waals surface area contributed by atoms with Crippen LogP contribution in [0.15, 0.2) is 54.2 Å². The molecule has 0 saturated heterocycles. The van der Waals surface area contributed by atoms with Crippen molar-refractivity contribution in [1.82, 2.24) is 5.32 Å². The average Bonchev–Trinajstić information content (AvgIpc) is 2.93. The molecule has 174 valence electrons. The topological polar surface area (TPSA) is 106 Å². The number of methoxy groups -OCH3 is 2. The Bertz CT molecular complexity index is 1070. The van der Waals surface area contributed by atoms with Gasteiger partial charge in [-0.3, -0.25) is 19.3 Å². The number of esters is 1. The third-order valence-electron chi connectivity index (χ3n) is 4.96. The molecule has 9 heteroatoms. The number of carbonyl (C=O) groups is 3. The summed E-state index contributed by atoms with van der Waals surface area (Å²) < 4.78 is 15.7. The predicted octanol–water partition coefficient (Wildman–Crippen LogP) is 2.62. The van der Waals surface area contributed by atoms with E-state index in [2.05, 4.69) is 10.6 Å². The van der Waals surface area contributed by atoms with Crippen LogP contribution in [0.4, 0.5) is 11.4 Å². The number of anilines is 2. The van der Waals surface area contributed by atoms with Gasteiger partial charge in [-0.1, -0.05) is 24.3 Å². The van der Waals surface area contributed by atoms with Gasteiger partial charge < -0.3 is 24.8 Å². The van der Waals surface area contributed by atoms with E-state index in [0.29, 0.717) is 28.6 Å². The Labute approximate surface area is 192 Å². The van der Waals surface area contributed by atoms with Gasteiger partial charge in [-0.15, -0.1) is 0 Å². The molecule has 0 atom stereocenters. The second-order valence-corrected chi connectivity index (χ2v) is 7.15. The van der Waals surface area contributed by atoms with Crippen LogP contribution in [0.25, 0.3) is 0 Å². The molecule has 0 fully saturated rings. The van der Waals surface area contributed by atoms with Gasteiger partial charge in [-0.25, -0.2) is 0 Å². The number of nitrogens with zero attached hydrogens (tertiary/aromatic N) is 1. The smallest absolute Gasteiger partial charge is 0.311 e. The first kappa shape index (κ1) is 23.6.